The summed E-state index contributed by atoms with van der Waals surface area (Å²) in [5.41, 5.74) is 6.80. The predicted molar refractivity (Wildman–Crippen MR) is 147 cm³/mol. The van der Waals surface area contributed by atoms with Gasteiger partial charge in [0.1, 0.15) is 17.7 Å². The molecule has 0 atom stereocenters. The van der Waals surface area contributed by atoms with Gasteiger partial charge in [-0.25, -0.2) is 9.37 Å². The molecule has 2 aliphatic rings. The molecule has 0 radical (unpaired) electrons. The lowest BCUT2D eigenvalue weighted by Gasteiger charge is -2.36. The van der Waals surface area contributed by atoms with Crippen LogP contribution in [0.3, 0.4) is 0 Å². The van der Waals surface area contributed by atoms with Gasteiger partial charge in [-0.2, -0.15) is 0 Å². The number of nitrogens with zero attached hydrogens (tertiary/aromatic N) is 4. The van der Waals surface area contributed by atoms with Crippen molar-refractivity contribution in [2.45, 2.75) is 50.2 Å². The summed E-state index contributed by atoms with van der Waals surface area (Å²) in [7, 11) is 1.84. The molecule has 2 N–H and O–H groups in total. The summed E-state index contributed by atoms with van der Waals surface area (Å²) >= 11 is 0. The molecule has 0 amide bonds. The van der Waals surface area contributed by atoms with Crippen molar-refractivity contribution in [3.8, 4) is 34.0 Å². The summed E-state index contributed by atoms with van der Waals surface area (Å²) in [6, 6.07) is 17.0. The number of hydrogen-bond donors (Lipinski definition) is 2. The van der Waals surface area contributed by atoms with Gasteiger partial charge in [-0.05, 0) is 85.0 Å². The summed E-state index contributed by atoms with van der Waals surface area (Å²) in [5, 5.41) is 22.0. The van der Waals surface area contributed by atoms with Crippen LogP contribution in [0, 0.1) is 5.82 Å². The van der Waals surface area contributed by atoms with Crippen molar-refractivity contribution in [2.24, 2.45) is 7.05 Å². The van der Waals surface area contributed by atoms with Gasteiger partial charge in [0.15, 0.2) is 11.4 Å². The third kappa shape index (κ3) is 4.64. The average Bonchev–Trinajstić information content (AvgIpc) is 3.53. The molecular formula is C31H30FN5O2. The van der Waals surface area contributed by atoms with Gasteiger partial charge in [0.2, 0.25) is 5.89 Å². The SMILES string of the molecule is Cn1cnnc1-c1cc(F)ccc1-c1cccc(-c2nc3cc(CNCC4(O)CCC4)cc(C4CC4)c3o2)c1. The molecule has 5 aromatic rings. The number of aromatic nitrogens is 4. The van der Waals surface area contributed by atoms with E-state index in [9.17, 15) is 9.50 Å². The topological polar surface area (TPSA) is 89.0 Å². The molecule has 2 heterocycles. The molecule has 8 heteroatoms. The summed E-state index contributed by atoms with van der Waals surface area (Å²) < 4.78 is 22.4. The van der Waals surface area contributed by atoms with E-state index in [-0.39, 0.29) is 5.82 Å². The van der Waals surface area contributed by atoms with Crippen molar-refractivity contribution < 1.29 is 13.9 Å². The maximum absolute atomic E-state index is 14.2. The van der Waals surface area contributed by atoms with Crippen LogP contribution in [0.15, 0.2) is 65.3 Å². The number of halogens is 1. The van der Waals surface area contributed by atoms with E-state index >= 15 is 0 Å². The Labute approximate surface area is 225 Å². The van der Waals surface area contributed by atoms with Crippen LogP contribution in [0.4, 0.5) is 4.39 Å². The number of oxazole rings is 1. The van der Waals surface area contributed by atoms with Gasteiger partial charge in [-0.3, -0.25) is 0 Å². The maximum Gasteiger partial charge on any atom is 0.227 e. The first-order valence-corrected chi connectivity index (χ1v) is 13.6. The van der Waals surface area contributed by atoms with Crippen LogP contribution >= 0.6 is 0 Å². The molecule has 198 valence electrons. The molecule has 2 aliphatic carbocycles. The number of aliphatic hydroxyl groups is 1. The normalized spacial score (nSPS) is 16.5. The van der Waals surface area contributed by atoms with E-state index < -0.39 is 5.60 Å². The molecule has 2 saturated carbocycles. The molecule has 2 fully saturated rings. The first-order valence-electron chi connectivity index (χ1n) is 13.6. The summed E-state index contributed by atoms with van der Waals surface area (Å²) in [5.74, 6) is 1.33. The zero-order valence-electron chi connectivity index (χ0n) is 21.8. The van der Waals surface area contributed by atoms with Crippen molar-refractivity contribution in [3.05, 3.63) is 77.9 Å². The van der Waals surface area contributed by atoms with E-state index in [1.165, 1.54) is 17.7 Å². The highest BCUT2D eigenvalue weighted by molar-refractivity contribution is 5.84. The van der Waals surface area contributed by atoms with Gasteiger partial charge in [-0.1, -0.05) is 24.3 Å². The Hall–Kier alpha value is -3.88. The first-order chi connectivity index (χ1) is 19.0. The molecule has 0 bridgehead atoms. The second-order valence-electron chi connectivity index (χ2n) is 11.0. The monoisotopic (exact) mass is 523 g/mol. The number of rotatable bonds is 8. The second-order valence-corrected chi connectivity index (χ2v) is 11.0. The van der Waals surface area contributed by atoms with Crippen molar-refractivity contribution in [2.75, 3.05) is 6.54 Å². The van der Waals surface area contributed by atoms with Gasteiger partial charge in [0, 0.05) is 36.8 Å². The molecule has 2 aromatic heterocycles. The third-order valence-electron chi connectivity index (χ3n) is 8.02. The van der Waals surface area contributed by atoms with Crippen molar-refractivity contribution in [1.29, 1.82) is 0 Å². The van der Waals surface area contributed by atoms with Gasteiger partial charge < -0.3 is 19.4 Å². The number of aryl methyl sites for hydroxylation is 1. The number of benzene rings is 3. The molecule has 0 aliphatic heterocycles. The lowest BCUT2D eigenvalue weighted by Crippen LogP contribution is -2.45. The van der Waals surface area contributed by atoms with Crippen LogP contribution < -0.4 is 5.32 Å². The minimum Gasteiger partial charge on any atom is -0.436 e. The van der Waals surface area contributed by atoms with Crippen molar-refractivity contribution in [1.82, 2.24) is 25.1 Å². The lowest BCUT2D eigenvalue weighted by atomic mass is 9.80. The van der Waals surface area contributed by atoms with Crippen LogP contribution in [0.25, 0.3) is 45.1 Å². The van der Waals surface area contributed by atoms with E-state index in [1.54, 1.807) is 17.0 Å². The van der Waals surface area contributed by atoms with E-state index in [2.05, 4.69) is 27.6 Å². The standard InChI is InChI=1S/C31H30FN5O2/c1-37-18-34-36-29(37)26-15-23(32)8-9-24(26)21-4-2-5-22(14-21)30-35-27-13-19(16-33-17-31(38)10-3-11-31)12-25(20-6-7-20)28(27)39-30/h2,4-5,8-9,12-15,18,20,33,38H,3,6-7,10-11,16-17H2,1H3. The van der Waals surface area contributed by atoms with E-state index in [0.29, 0.717) is 36.3 Å². The fourth-order valence-electron chi connectivity index (χ4n) is 5.54. The van der Waals surface area contributed by atoms with E-state index in [4.69, 9.17) is 9.40 Å². The number of hydrogen-bond acceptors (Lipinski definition) is 6. The minimum atomic E-state index is -0.549. The van der Waals surface area contributed by atoms with Crippen LogP contribution in [-0.2, 0) is 13.6 Å². The van der Waals surface area contributed by atoms with Crippen LogP contribution in [-0.4, -0.2) is 37.0 Å². The van der Waals surface area contributed by atoms with E-state index in [1.807, 2.05) is 31.3 Å². The van der Waals surface area contributed by atoms with Gasteiger partial charge in [-0.15, -0.1) is 10.2 Å². The highest BCUT2D eigenvalue weighted by Crippen LogP contribution is 2.44. The molecule has 0 unspecified atom stereocenters. The highest BCUT2D eigenvalue weighted by atomic mass is 19.1. The highest BCUT2D eigenvalue weighted by Gasteiger charge is 2.34. The van der Waals surface area contributed by atoms with Crippen molar-refractivity contribution >= 4 is 11.1 Å². The van der Waals surface area contributed by atoms with Gasteiger partial charge >= 0.3 is 0 Å². The van der Waals surface area contributed by atoms with Crippen molar-refractivity contribution in [3.63, 3.8) is 0 Å². The Morgan fingerprint density at radius 3 is 2.67 bits per heavy atom. The molecule has 7 nitrogen and oxygen atoms in total. The predicted octanol–water partition coefficient (Wildman–Crippen LogP) is 5.98. The van der Waals surface area contributed by atoms with Crippen LogP contribution in [0.1, 0.15) is 49.1 Å². The second kappa shape index (κ2) is 9.39. The largest absolute Gasteiger partial charge is 0.436 e. The number of fused-ring (bicyclic) bond motifs is 1. The maximum atomic E-state index is 14.2. The summed E-state index contributed by atoms with van der Waals surface area (Å²) in [4.78, 5) is 4.90. The molecule has 39 heavy (non-hydrogen) atoms. The minimum absolute atomic E-state index is 0.327. The Morgan fingerprint density at radius 2 is 1.92 bits per heavy atom. The molecule has 0 spiro atoms. The molecule has 7 rings (SSSR count). The fraction of sp³-hybridized carbons (Fsp3) is 0.323. The third-order valence-corrected chi connectivity index (χ3v) is 8.02. The zero-order chi connectivity index (χ0) is 26.6. The van der Waals surface area contributed by atoms with Crippen LogP contribution in [0.2, 0.25) is 0 Å². The Balaban J connectivity index is 1.23. The van der Waals surface area contributed by atoms with Gasteiger partial charge in [0.05, 0.1) is 5.60 Å². The smallest absolute Gasteiger partial charge is 0.227 e. The lowest BCUT2D eigenvalue weighted by molar-refractivity contribution is -0.0314. The molecule has 0 saturated heterocycles. The molecular weight excluding hydrogens is 493 g/mol. The number of nitrogens with one attached hydrogen (secondary N) is 1. The first kappa shape index (κ1) is 24.2. The Morgan fingerprint density at radius 1 is 1.08 bits per heavy atom. The quantitative estimate of drug-likeness (QED) is 0.260. The fourth-order valence-corrected chi connectivity index (χ4v) is 5.54. The van der Waals surface area contributed by atoms with Crippen LogP contribution in [0.5, 0.6) is 0 Å². The average molecular weight is 524 g/mol. The summed E-state index contributed by atoms with van der Waals surface area (Å²) in [6.07, 6.45) is 6.77. The Bertz CT molecular complexity index is 1680. The van der Waals surface area contributed by atoms with E-state index in [0.717, 1.165) is 65.5 Å². The van der Waals surface area contributed by atoms with Gasteiger partial charge in [0.25, 0.3) is 0 Å². The molecule has 3 aromatic carbocycles. The zero-order valence-corrected chi connectivity index (χ0v) is 21.8. The Kier molecular flexibility index (Phi) is 5.82. The summed E-state index contributed by atoms with van der Waals surface area (Å²) in [6.45, 7) is 1.30.